The summed E-state index contributed by atoms with van der Waals surface area (Å²) in [5, 5.41) is 15.3. The number of hydrogen-bond acceptors (Lipinski definition) is 2. The van der Waals surface area contributed by atoms with Gasteiger partial charge in [0, 0.05) is 23.9 Å². The molecule has 2 aromatic rings. The van der Waals surface area contributed by atoms with E-state index in [2.05, 4.69) is 10.6 Å². The van der Waals surface area contributed by atoms with Crippen LogP contribution in [0.2, 0.25) is 5.02 Å². The van der Waals surface area contributed by atoms with Crippen LogP contribution in [-0.4, -0.2) is 17.7 Å². The van der Waals surface area contributed by atoms with Gasteiger partial charge in [-0.15, -0.1) is 0 Å². The molecule has 0 unspecified atom stereocenters. The number of para-hydroxylation sites is 1. The second kappa shape index (κ2) is 7.67. The maximum Gasteiger partial charge on any atom is 0.319 e. The number of halogens is 1. The molecular weight excluding hydrogens is 288 g/mol. The Labute approximate surface area is 128 Å². The summed E-state index contributed by atoms with van der Waals surface area (Å²) in [4.78, 5) is 11.9. The van der Waals surface area contributed by atoms with Gasteiger partial charge in [-0.2, -0.15) is 0 Å². The van der Waals surface area contributed by atoms with Gasteiger partial charge < -0.3 is 15.7 Å². The van der Waals surface area contributed by atoms with Gasteiger partial charge in [0.05, 0.1) is 0 Å². The smallest absolute Gasteiger partial charge is 0.319 e. The van der Waals surface area contributed by atoms with Crippen LogP contribution in [-0.2, 0) is 13.0 Å². The highest BCUT2D eigenvalue weighted by molar-refractivity contribution is 6.30. The molecule has 2 aromatic carbocycles. The normalized spacial score (nSPS) is 10.2. The quantitative estimate of drug-likeness (QED) is 0.794. The highest BCUT2D eigenvalue weighted by Gasteiger charge is 2.05. The van der Waals surface area contributed by atoms with Gasteiger partial charge in [0.1, 0.15) is 0 Å². The minimum atomic E-state index is -0.282. The zero-order valence-electron chi connectivity index (χ0n) is 11.5. The van der Waals surface area contributed by atoms with Gasteiger partial charge in [-0.05, 0) is 35.7 Å². The van der Waals surface area contributed by atoms with Crippen LogP contribution in [0.4, 0.5) is 10.5 Å². The van der Waals surface area contributed by atoms with Crippen molar-refractivity contribution in [2.75, 3.05) is 11.9 Å². The first kappa shape index (κ1) is 15.4. The fourth-order valence-electron chi connectivity index (χ4n) is 1.93. The van der Waals surface area contributed by atoms with E-state index < -0.39 is 0 Å². The standard InChI is InChI=1S/C16H17ClN2O2/c17-14-7-5-12(6-8-14)11-18-16(21)19-15-4-2-1-3-13(15)9-10-20/h1-8,20H,9-11H2,(H2,18,19,21). The molecule has 3 N–H and O–H groups in total. The number of carbonyl (C=O) groups excluding carboxylic acids is 1. The van der Waals surface area contributed by atoms with Crippen LogP contribution in [0.15, 0.2) is 48.5 Å². The fourth-order valence-corrected chi connectivity index (χ4v) is 2.06. The summed E-state index contributed by atoms with van der Waals surface area (Å²) in [5.41, 5.74) is 2.58. The van der Waals surface area contributed by atoms with Crippen molar-refractivity contribution in [3.63, 3.8) is 0 Å². The van der Waals surface area contributed by atoms with Crippen molar-refractivity contribution >= 4 is 23.3 Å². The molecule has 0 saturated heterocycles. The highest BCUT2D eigenvalue weighted by atomic mass is 35.5. The lowest BCUT2D eigenvalue weighted by Crippen LogP contribution is -2.28. The van der Waals surface area contributed by atoms with E-state index in [4.69, 9.17) is 16.7 Å². The van der Waals surface area contributed by atoms with Crippen LogP contribution in [0.25, 0.3) is 0 Å². The van der Waals surface area contributed by atoms with E-state index in [1.165, 1.54) is 0 Å². The third-order valence-electron chi connectivity index (χ3n) is 3.01. The van der Waals surface area contributed by atoms with Gasteiger partial charge in [-0.25, -0.2) is 4.79 Å². The van der Waals surface area contributed by atoms with E-state index in [-0.39, 0.29) is 12.6 Å². The number of anilines is 1. The minimum absolute atomic E-state index is 0.0467. The van der Waals surface area contributed by atoms with E-state index in [0.29, 0.717) is 23.7 Å². The molecule has 2 amide bonds. The second-order valence-corrected chi connectivity index (χ2v) is 5.00. The number of nitrogens with one attached hydrogen (secondary N) is 2. The first-order valence-corrected chi connectivity index (χ1v) is 7.05. The molecule has 5 heteroatoms. The number of carbonyl (C=O) groups is 1. The molecule has 2 rings (SSSR count). The topological polar surface area (TPSA) is 61.4 Å². The molecule has 110 valence electrons. The fraction of sp³-hybridized carbons (Fsp3) is 0.188. The Morgan fingerprint density at radius 3 is 2.52 bits per heavy atom. The summed E-state index contributed by atoms with van der Waals surface area (Å²) < 4.78 is 0. The van der Waals surface area contributed by atoms with Gasteiger partial charge in [0.2, 0.25) is 0 Å². The average Bonchev–Trinajstić information content (AvgIpc) is 2.49. The average molecular weight is 305 g/mol. The maximum atomic E-state index is 11.9. The van der Waals surface area contributed by atoms with Crippen molar-refractivity contribution in [1.29, 1.82) is 0 Å². The molecule has 4 nitrogen and oxygen atoms in total. The van der Waals surface area contributed by atoms with E-state index >= 15 is 0 Å². The number of aliphatic hydroxyl groups is 1. The summed E-state index contributed by atoms with van der Waals surface area (Å²) >= 11 is 5.81. The zero-order chi connectivity index (χ0) is 15.1. The Morgan fingerprint density at radius 1 is 1.10 bits per heavy atom. The molecule has 21 heavy (non-hydrogen) atoms. The Bertz CT molecular complexity index is 599. The first-order chi connectivity index (χ1) is 10.2. The zero-order valence-corrected chi connectivity index (χ0v) is 12.2. The molecule has 0 radical (unpaired) electrons. The Morgan fingerprint density at radius 2 is 1.81 bits per heavy atom. The number of benzene rings is 2. The van der Waals surface area contributed by atoms with E-state index in [9.17, 15) is 4.79 Å². The lowest BCUT2D eigenvalue weighted by molar-refractivity contribution is 0.251. The van der Waals surface area contributed by atoms with Crippen LogP contribution in [0.1, 0.15) is 11.1 Å². The van der Waals surface area contributed by atoms with E-state index in [0.717, 1.165) is 11.1 Å². The van der Waals surface area contributed by atoms with Crippen LogP contribution in [0, 0.1) is 0 Å². The molecule has 0 aliphatic heterocycles. The van der Waals surface area contributed by atoms with Gasteiger partial charge in [-0.1, -0.05) is 41.9 Å². The molecule has 0 spiro atoms. The van der Waals surface area contributed by atoms with Crippen molar-refractivity contribution in [2.45, 2.75) is 13.0 Å². The number of aliphatic hydroxyl groups excluding tert-OH is 1. The molecular formula is C16H17ClN2O2. The molecule has 0 aliphatic rings. The first-order valence-electron chi connectivity index (χ1n) is 6.67. The van der Waals surface area contributed by atoms with Gasteiger partial charge in [0.15, 0.2) is 0 Å². The Kier molecular flexibility index (Phi) is 5.60. The number of hydrogen-bond donors (Lipinski definition) is 3. The van der Waals surface area contributed by atoms with Gasteiger partial charge in [-0.3, -0.25) is 0 Å². The Balaban J connectivity index is 1.91. The summed E-state index contributed by atoms with van der Waals surface area (Å²) in [7, 11) is 0. The molecule has 0 fully saturated rings. The largest absolute Gasteiger partial charge is 0.396 e. The van der Waals surface area contributed by atoms with E-state index in [1.807, 2.05) is 36.4 Å². The summed E-state index contributed by atoms with van der Waals surface area (Å²) in [5.74, 6) is 0. The SMILES string of the molecule is O=C(NCc1ccc(Cl)cc1)Nc1ccccc1CCO. The van der Waals surface area contributed by atoms with E-state index in [1.54, 1.807) is 12.1 Å². The van der Waals surface area contributed by atoms with Crippen molar-refractivity contribution in [2.24, 2.45) is 0 Å². The third-order valence-corrected chi connectivity index (χ3v) is 3.27. The lowest BCUT2D eigenvalue weighted by Gasteiger charge is -2.11. The summed E-state index contributed by atoms with van der Waals surface area (Å²) in [6, 6.07) is 14.4. The molecule has 0 bridgehead atoms. The van der Waals surface area contributed by atoms with Crippen LogP contribution >= 0.6 is 11.6 Å². The summed E-state index contributed by atoms with van der Waals surface area (Å²) in [6.07, 6.45) is 0.508. The monoisotopic (exact) mass is 304 g/mol. The lowest BCUT2D eigenvalue weighted by atomic mass is 10.1. The Hall–Kier alpha value is -2.04. The molecule has 0 aliphatic carbocycles. The molecule has 0 aromatic heterocycles. The van der Waals surface area contributed by atoms with Crippen LogP contribution in [0.3, 0.4) is 0 Å². The highest BCUT2D eigenvalue weighted by Crippen LogP contribution is 2.15. The molecule has 0 saturated carbocycles. The molecule has 0 heterocycles. The van der Waals surface area contributed by atoms with Crippen LogP contribution < -0.4 is 10.6 Å². The maximum absolute atomic E-state index is 11.9. The van der Waals surface area contributed by atoms with Crippen LogP contribution in [0.5, 0.6) is 0 Å². The third kappa shape index (κ3) is 4.77. The van der Waals surface area contributed by atoms with Crippen molar-refractivity contribution in [3.05, 3.63) is 64.7 Å². The van der Waals surface area contributed by atoms with Gasteiger partial charge >= 0.3 is 6.03 Å². The van der Waals surface area contributed by atoms with Crippen molar-refractivity contribution < 1.29 is 9.90 Å². The predicted octanol–water partition coefficient (Wildman–Crippen LogP) is 3.20. The second-order valence-electron chi connectivity index (χ2n) is 4.56. The van der Waals surface area contributed by atoms with Gasteiger partial charge in [0.25, 0.3) is 0 Å². The molecule has 0 atom stereocenters. The van der Waals surface area contributed by atoms with Crippen molar-refractivity contribution in [1.82, 2.24) is 5.32 Å². The van der Waals surface area contributed by atoms with Crippen molar-refractivity contribution in [3.8, 4) is 0 Å². The predicted molar refractivity (Wildman–Crippen MR) is 84.5 cm³/mol. The minimum Gasteiger partial charge on any atom is -0.396 e. The summed E-state index contributed by atoms with van der Waals surface area (Å²) in [6.45, 7) is 0.469. The number of urea groups is 1. The number of rotatable bonds is 5. The number of amides is 2.